The zero-order valence-electron chi connectivity index (χ0n) is 9.82. The van der Waals surface area contributed by atoms with Crippen molar-refractivity contribution in [3.63, 3.8) is 0 Å². The summed E-state index contributed by atoms with van der Waals surface area (Å²) in [6, 6.07) is 12.1. The summed E-state index contributed by atoms with van der Waals surface area (Å²) in [4.78, 5) is 0. The van der Waals surface area contributed by atoms with Crippen LogP contribution < -0.4 is 5.32 Å². The molecule has 0 aliphatic carbocycles. The number of anilines is 1. The summed E-state index contributed by atoms with van der Waals surface area (Å²) in [6.45, 7) is 2.15. The fourth-order valence-electron chi connectivity index (χ4n) is 1.73. The van der Waals surface area contributed by atoms with E-state index in [1.807, 2.05) is 36.4 Å². The molecule has 0 saturated carbocycles. The molecule has 2 aromatic rings. The first-order chi connectivity index (χ1) is 8.25. The fraction of sp³-hybridized carbons (Fsp3) is 0.286. The molecule has 3 heteroatoms. The smallest absolute Gasteiger partial charge is 0.103 e. The van der Waals surface area contributed by atoms with Crippen molar-refractivity contribution in [3.8, 4) is 0 Å². The van der Waals surface area contributed by atoms with Gasteiger partial charge in [-0.15, -0.1) is 0 Å². The van der Waals surface area contributed by atoms with Crippen LogP contribution in [0.5, 0.6) is 0 Å². The van der Waals surface area contributed by atoms with E-state index in [4.69, 9.17) is 16.0 Å². The number of rotatable bonds is 5. The number of nitrogens with one attached hydrogen (secondary N) is 1. The largest absolute Gasteiger partial charge is 0.469 e. The number of furan rings is 1. The Balaban J connectivity index is 1.85. The van der Waals surface area contributed by atoms with Crippen molar-refractivity contribution in [1.29, 1.82) is 0 Å². The number of hydrogen-bond donors (Lipinski definition) is 1. The van der Waals surface area contributed by atoms with Crippen molar-refractivity contribution in [2.45, 2.75) is 25.8 Å². The predicted molar refractivity (Wildman–Crippen MR) is 71.6 cm³/mol. The van der Waals surface area contributed by atoms with Crippen LogP contribution >= 0.6 is 11.6 Å². The summed E-state index contributed by atoms with van der Waals surface area (Å²) in [7, 11) is 0. The van der Waals surface area contributed by atoms with Crippen LogP contribution in [0.3, 0.4) is 0 Å². The molecule has 0 aliphatic heterocycles. The second kappa shape index (κ2) is 5.78. The topological polar surface area (TPSA) is 25.2 Å². The first-order valence-corrected chi connectivity index (χ1v) is 6.17. The molecule has 17 heavy (non-hydrogen) atoms. The van der Waals surface area contributed by atoms with Crippen LogP contribution in [0.2, 0.25) is 5.02 Å². The maximum Gasteiger partial charge on any atom is 0.103 e. The molecule has 1 heterocycles. The van der Waals surface area contributed by atoms with Crippen LogP contribution in [0.15, 0.2) is 47.1 Å². The van der Waals surface area contributed by atoms with Gasteiger partial charge in [0.05, 0.1) is 17.0 Å². The summed E-state index contributed by atoms with van der Waals surface area (Å²) < 4.78 is 5.30. The molecule has 0 bridgehead atoms. The summed E-state index contributed by atoms with van der Waals surface area (Å²) in [5, 5.41) is 4.16. The van der Waals surface area contributed by atoms with E-state index in [-0.39, 0.29) is 0 Å². The Morgan fingerprint density at radius 3 is 2.76 bits per heavy atom. The molecule has 0 fully saturated rings. The lowest BCUT2D eigenvalue weighted by atomic mass is 10.1. The third-order valence-corrected chi connectivity index (χ3v) is 3.01. The summed E-state index contributed by atoms with van der Waals surface area (Å²) in [5.41, 5.74) is 0.987. The Labute approximate surface area is 107 Å². The van der Waals surface area contributed by atoms with Crippen molar-refractivity contribution >= 4 is 17.3 Å². The van der Waals surface area contributed by atoms with Crippen molar-refractivity contribution in [1.82, 2.24) is 0 Å². The first kappa shape index (κ1) is 12.1. The highest BCUT2D eigenvalue weighted by Crippen LogP contribution is 2.22. The van der Waals surface area contributed by atoms with Crippen molar-refractivity contribution in [2.75, 3.05) is 5.32 Å². The van der Waals surface area contributed by atoms with E-state index in [1.165, 1.54) is 0 Å². The van der Waals surface area contributed by atoms with E-state index in [2.05, 4.69) is 12.2 Å². The molecule has 0 aliphatic rings. The van der Waals surface area contributed by atoms with Crippen LogP contribution in [0.1, 0.15) is 19.1 Å². The van der Waals surface area contributed by atoms with Crippen LogP contribution in [0.4, 0.5) is 5.69 Å². The minimum absolute atomic E-state index is 0.361. The average Bonchev–Trinajstić information content (AvgIpc) is 2.82. The van der Waals surface area contributed by atoms with Crippen molar-refractivity contribution in [2.24, 2.45) is 0 Å². The van der Waals surface area contributed by atoms with E-state index in [0.717, 1.165) is 29.3 Å². The van der Waals surface area contributed by atoms with Crippen LogP contribution in [-0.4, -0.2) is 6.04 Å². The molecule has 90 valence electrons. The standard InChI is InChI=1S/C14H16ClNO/c1-11(8-9-12-5-4-10-17-12)16-14-7-3-2-6-13(14)15/h2-7,10-11,16H,8-9H2,1H3. The zero-order valence-corrected chi connectivity index (χ0v) is 10.6. The number of halogens is 1. The van der Waals surface area contributed by atoms with E-state index >= 15 is 0 Å². The molecule has 1 aromatic carbocycles. The summed E-state index contributed by atoms with van der Waals surface area (Å²) in [6.07, 6.45) is 3.66. The minimum atomic E-state index is 0.361. The van der Waals surface area contributed by atoms with Gasteiger partial charge in [-0.05, 0) is 37.6 Å². The second-order valence-electron chi connectivity index (χ2n) is 4.14. The molecule has 1 aromatic heterocycles. The van der Waals surface area contributed by atoms with E-state index < -0.39 is 0 Å². The maximum absolute atomic E-state index is 6.09. The molecular formula is C14H16ClNO. The Bertz CT molecular complexity index is 453. The van der Waals surface area contributed by atoms with E-state index in [9.17, 15) is 0 Å². The molecule has 1 atom stereocenters. The molecule has 1 N–H and O–H groups in total. The Hall–Kier alpha value is -1.41. The van der Waals surface area contributed by atoms with Gasteiger partial charge < -0.3 is 9.73 Å². The van der Waals surface area contributed by atoms with Crippen molar-refractivity contribution in [3.05, 3.63) is 53.4 Å². The quantitative estimate of drug-likeness (QED) is 0.851. The fourth-order valence-corrected chi connectivity index (χ4v) is 1.92. The van der Waals surface area contributed by atoms with E-state index in [0.29, 0.717) is 6.04 Å². The number of hydrogen-bond acceptors (Lipinski definition) is 2. The van der Waals surface area contributed by atoms with Crippen LogP contribution in [0.25, 0.3) is 0 Å². The molecular weight excluding hydrogens is 234 g/mol. The summed E-state index contributed by atoms with van der Waals surface area (Å²) >= 11 is 6.09. The Morgan fingerprint density at radius 2 is 2.06 bits per heavy atom. The minimum Gasteiger partial charge on any atom is -0.469 e. The van der Waals surface area contributed by atoms with Crippen LogP contribution in [-0.2, 0) is 6.42 Å². The molecule has 0 spiro atoms. The molecule has 0 radical (unpaired) electrons. The number of para-hydroxylation sites is 1. The van der Waals surface area contributed by atoms with Crippen LogP contribution in [0, 0.1) is 0 Å². The van der Waals surface area contributed by atoms with Gasteiger partial charge in [-0.25, -0.2) is 0 Å². The highest BCUT2D eigenvalue weighted by Gasteiger charge is 2.06. The van der Waals surface area contributed by atoms with Gasteiger partial charge in [0.1, 0.15) is 5.76 Å². The van der Waals surface area contributed by atoms with E-state index in [1.54, 1.807) is 6.26 Å². The zero-order chi connectivity index (χ0) is 12.1. The third-order valence-electron chi connectivity index (χ3n) is 2.68. The van der Waals surface area contributed by atoms with Gasteiger partial charge in [-0.1, -0.05) is 23.7 Å². The molecule has 0 saturated heterocycles. The monoisotopic (exact) mass is 249 g/mol. The maximum atomic E-state index is 6.09. The normalized spacial score (nSPS) is 12.4. The lowest BCUT2D eigenvalue weighted by Crippen LogP contribution is -2.16. The lowest BCUT2D eigenvalue weighted by molar-refractivity contribution is 0.495. The average molecular weight is 250 g/mol. The SMILES string of the molecule is CC(CCc1ccco1)Nc1ccccc1Cl. The Kier molecular flexibility index (Phi) is 4.10. The second-order valence-corrected chi connectivity index (χ2v) is 4.55. The Morgan fingerprint density at radius 1 is 1.24 bits per heavy atom. The molecule has 2 rings (SSSR count). The predicted octanol–water partition coefficient (Wildman–Crippen LogP) is 4.37. The molecule has 0 amide bonds. The highest BCUT2D eigenvalue weighted by molar-refractivity contribution is 6.33. The van der Waals surface area contributed by atoms with Gasteiger partial charge in [-0.2, -0.15) is 0 Å². The van der Waals surface area contributed by atoms with Gasteiger partial charge >= 0.3 is 0 Å². The number of benzene rings is 1. The van der Waals surface area contributed by atoms with Gasteiger partial charge in [-0.3, -0.25) is 0 Å². The molecule has 1 unspecified atom stereocenters. The first-order valence-electron chi connectivity index (χ1n) is 5.79. The number of aryl methyl sites for hydroxylation is 1. The molecule has 2 nitrogen and oxygen atoms in total. The van der Waals surface area contributed by atoms with Gasteiger partial charge in [0.15, 0.2) is 0 Å². The summed E-state index contributed by atoms with van der Waals surface area (Å²) in [5.74, 6) is 1.03. The third kappa shape index (κ3) is 3.53. The van der Waals surface area contributed by atoms with Gasteiger partial charge in [0.25, 0.3) is 0 Å². The van der Waals surface area contributed by atoms with Gasteiger partial charge in [0.2, 0.25) is 0 Å². The van der Waals surface area contributed by atoms with Crippen molar-refractivity contribution < 1.29 is 4.42 Å². The lowest BCUT2D eigenvalue weighted by Gasteiger charge is -2.15. The van der Waals surface area contributed by atoms with Gasteiger partial charge in [0, 0.05) is 12.5 Å². The highest BCUT2D eigenvalue weighted by atomic mass is 35.5.